The summed E-state index contributed by atoms with van der Waals surface area (Å²) in [5, 5.41) is 0.619. The summed E-state index contributed by atoms with van der Waals surface area (Å²) in [6, 6.07) is 12.9. The molecule has 0 N–H and O–H groups in total. The second-order valence-electron chi connectivity index (χ2n) is 5.21. The number of hydrogen-bond donors (Lipinski definition) is 0. The molecule has 0 unspecified atom stereocenters. The van der Waals surface area contributed by atoms with Crippen molar-refractivity contribution in [2.24, 2.45) is 0 Å². The topological polar surface area (TPSA) is 35.5 Å². The molecule has 0 saturated heterocycles. The predicted octanol–water partition coefficient (Wildman–Crippen LogP) is 5.30. The lowest BCUT2D eigenvalue weighted by Crippen LogP contribution is -2.14. The number of hydrogen-bond acceptors (Lipinski definition) is 3. The van der Waals surface area contributed by atoms with Crippen molar-refractivity contribution in [3.63, 3.8) is 0 Å². The van der Waals surface area contributed by atoms with E-state index >= 15 is 0 Å². The van der Waals surface area contributed by atoms with Gasteiger partial charge < -0.3 is 9.47 Å². The summed E-state index contributed by atoms with van der Waals surface area (Å²) in [6.45, 7) is 1.81. The van der Waals surface area contributed by atoms with Gasteiger partial charge in [0, 0.05) is 15.1 Å². The Morgan fingerprint density at radius 2 is 2.04 bits per heavy atom. The average Bonchev–Trinajstić information content (AvgIpc) is 2.55. The highest BCUT2D eigenvalue weighted by Gasteiger charge is 2.10. The van der Waals surface area contributed by atoms with Gasteiger partial charge in [0.1, 0.15) is 11.9 Å². The largest absolute Gasteiger partial charge is 0.496 e. The summed E-state index contributed by atoms with van der Waals surface area (Å²) in [7, 11) is 1.60. The Kier molecular flexibility index (Phi) is 6.88. The van der Waals surface area contributed by atoms with Crippen molar-refractivity contribution in [2.45, 2.75) is 19.4 Å². The summed E-state index contributed by atoms with van der Waals surface area (Å²) in [6.07, 6.45) is 3.50. The first-order valence-corrected chi connectivity index (χ1v) is 8.61. The van der Waals surface area contributed by atoms with Gasteiger partial charge in [-0.2, -0.15) is 0 Å². The van der Waals surface area contributed by atoms with E-state index < -0.39 is 0 Å². The van der Waals surface area contributed by atoms with E-state index in [9.17, 15) is 4.79 Å². The van der Waals surface area contributed by atoms with E-state index in [-0.39, 0.29) is 18.5 Å². The third kappa shape index (κ3) is 5.39. The van der Waals surface area contributed by atoms with E-state index in [1.165, 1.54) is 0 Å². The highest BCUT2D eigenvalue weighted by Crippen LogP contribution is 2.24. The van der Waals surface area contributed by atoms with Gasteiger partial charge in [-0.3, -0.25) is 4.79 Å². The van der Waals surface area contributed by atoms with Crippen molar-refractivity contribution in [2.75, 3.05) is 7.11 Å². The Hall–Kier alpha value is -1.78. The summed E-state index contributed by atoms with van der Waals surface area (Å²) < 4.78 is 11.6. The first kappa shape index (κ1) is 18.6. The van der Waals surface area contributed by atoms with Crippen LogP contribution in [0.15, 0.2) is 53.0 Å². The molecule has 2 rings (SSSR count). The molecule has 3 nitrogen and oxygen atoms in total. The maximum atomic E-state index is 12.0. The number of halogens is 2. The fourth-order valence-electron chi connectivity index (χ4n) is 2.16. The Balaban J connectivity index is 1.97. The lowest BCUT2D eigenvalue weighted by molar-refractivity contribution is -0.145. The van der Waals surface area contributed by atoms with Gasteiger partial charge in [-0.25, -0.2) is 0 Å². The van der Waals surface area contributed by atoms with Crippen LogP contribution in [0.2, 0.25) is 5.02 Å². The second kappa shape index (κ2) is 8.90. The summed E-state index contributed by atoms with van der Waals surface area (Å²) >= 11 is 9.43. The molecule has 0 aromatic heterocycles. The molecule has 2 aromatic carbocycles. The van der Waals surface area contributed by atoms with E-state index in [2.05, 4.69) is 15.9 Å². The van der Waals surface area contributed by atoms with Gasteiger partial charge in [0.25, 0.3) is 0 Å². The van der Waals surface area contributed by atoms with Crippen LogP contribution in [-0.4, -0.2) is 19.2 Å². The maximum absolute atomic E-state index is 12.0. The number of benzene rings is 2. The molecule has 2 aromatic rings. The van der Waals surface area contributed by atoms with Gasteiger partial charge in [0.2, 0.25) is 0 Å². The van der Waals surface area contributed by atoms with Crippen LogP contribution in [0.4, 0.5) is 0 Å². The van der Waals surface area contributed by atoms with Gasteiger partial charge in [0.15, 0.2) is 0 Å². The number of ether oxygens (including phenoxy) is 2. The van der Waals surface area contributed by atoms with Crippen molar-refractivity contribution >= 4 is 39.6 Å². The smallest absolute Gasteiger partial charge is 0.310 e. The van der Waals surface area contributed by atoms with Crippen molar-refractivity contribution in [3.8, 4) is 5.75 Å². The monoisotopic (exact) mass is 408 g/mol. The first-order chi connectivity index (χ1) is 11.5. The zero-order valence-corrected chi connectivity index (χ0v) is 15.8. The van der Waals surface area contributed by atoms with Gasteiger partial charge in [-0.05, 0) is 42.8 Å². The SMILES string of the molecule is COc1ccc(Cl)cc1/C=C/[C@@H](C)OC(=O)Cc1ccccc1Br. The lowest BCUT2D eigenvalue weighted by Gasteiger charge is -2.11. The van der Waals surface area contributed by atoms with Crippen molar-refractivity contribution in [1.29, 1.82) is 0 Å². The van der Waals surface area contributed by atoms with E-state index in [1.807, 2.05) is 37.3 Å². The minimum Gasteiger partial charge on any atom is -0.496 e. The first-order valence-electron chi connectivity index (χ1n) is 7.44. The highest BCUT2D eigenvalue weighted by molar-refractivity contribution is 9.10. The molecule has 0 spiro atoms. The van der Waals surface area contributed by atoms with Crippen LogP contribution < -0.4 is 4.74 Å². The van der Waals surface area contributed by atoms with Crippen molar-refractivity contribution in [3.05, 3.63) is 69.2 Å². The van der Waals surface area contributed by atoms with Crippen LogP contribution in [0.1, 0.15) is 18.1 Å². The molecule has 0 bridgehead atoms. The zero-order valence-electron chi connectivity index (χ0n) is 13.5. The fourth-order valence-corrected chi connectivity index (χ4v) is 2.77. The number of methoxy groups -OCH3 is 1. The van der Waals surface area contributed by atoms with Crippen molar-refractivity contribution < 1.29 is 14.3 Å². The highest BCUT2D eigenvalue weighted by atomic mass is 79.9. The lowest BCUT2D eigenvalue weighted by atomic mass is 10.1. The Bertz CT molecular complexity index is 743. The molecule has 0 aliphatic rings. The van der Waals surface area contributed by atoms with Gasteiger partial charge >= 0.3 is 5.97 Å². The summed E-state index contributed by atoms with van der Waals surface area (Å²) in [4.78, 5) is 12.0. The van der Waals surface area contributed by atoms with Crippen LogP contribution in [0.25, 0.3) is 6.08 Å². The molecule has 24 heavy (non-hydrogen) atoms. The van der Waals surface area contributed by atoms with Crippen LogP contribution in [0.3, 0.4) is 0 Å². The van der Waals surface area contributed by atoms with E-state index in [1.54, 1.807) is 31.4 Å². The molecule has 0 radical (unpaired) electrons. The molecule has 0 fully saturated rings. The molecule has 0 amide bonds. The second-order valence-corrected chi connectivity index (χ2v) is 6.50. The molecule has 126 valence electrons. The molecule has 0 aliphatic heterocycles. The molecule has 0 saturated carbocycles. The third-order valence-electron chi connectivity index (χ3n) is 3.35. The van der Waals surface area contributed by atoms with Gasteiger partial charge in [-0.1, -0.05) is 51.8 Å². The van der Waals surface area contributed by atoms with E-state index in [0.717, 1.165) is 15.6 Å². The molecular weight excluding hydrogens is 392 g/mol. The number of rotatable bonds is 6. The fraction of sp³-hybridized carbons (Fsp3) is 0.211. The minimum atomic E-state index is -0.358. The van der Waals surface area contributed by atoms with Crippen LogP contribution >= 0.6 is 27.5 Å². The zero-order chi connectivity index (χ0) is 17.5. The normalized spacial score (nSPS) is 12.2. The average molecular weight is 410 g/mol. The van der Waals surface area contributed by atoms with E-state index in [4.69, 9.17) is 21.1 Å². The molecule has 0 heterocycles. The molecule has 5 heteroatoms. The number of carbonyl (C=O) groups is 1. The Morgan fingerprint density at radius 3 is 2.75 bits per heavy atom. The predicted molar refractivity (Wildman–Crippen MR) is 100 cm³/mol. The molecule has 1 atom stereocenters. The standard InChI is InChI=1S/C19H18BrClO3/c1-13(7-8-15-11-16(21)9-10-18(15)23-2)24-19(22)12-14-5-3-4-6-17(14)20/h3-11,13H,12H2,1-2H3/b8-7+/t13-/m1/s1. The number of carbonyl (C=O) groups excluding carboxylic acids is 1. The van der Waals surface area contributed by atoms with Crippen LogP contribution in [-0.2, 0) is 16.0 Å². The Morgan fingerprint density at radius 1 is 1.29 bits per heavy atom. The van der Waals surface area contributed by atoms with Crippen molar-refractivity contribution in [1.82, 2.24) is 0 Å². The molecular formula is C19H18BrClO3. The van der Waals surface area contributed by atoms with E-state index in [0.29, 0.717) is 10.8 Å². The van der Waals surface area contributed by atoms with Crippen LogP contribution in [0, 0.1) is 0 Å². The number of esters is 1. The maximum Gasteiger partial charge on any atom is 0.310 e. The summed E-state index contributed by atoms with van der Waals surface area (Å²) in [5.74, 6) is 0.430. The van der Waals surface area contributed by atoms with Gasteiger partial charge in [0.05, 0.1) is 13.5 Å². The molecule has 0 aliphatic carbocycles. The minimum absolute atomic E-state index is 0.222. The summed E-state index contributed by atoms with van der Waals surface area (Å²) in [5.41, 5.74) is 1.73. The Labute approximate surface area is 155 Å². The third-order valence-corrected chi connectivity index (χ3v) is 4.36. The quantitative estimate of drug-likeness (QED) is 0.607. The van der Waals surface area contributed by atoms with Crippen LogP contribution in [0.5, 0.6) is 5.75 Å². The van der Waals surface area contributed by atoms with Gasteiger partial charge in [-0.15, -0.1) is 0 Å².